The van der Waals surface area contributed by atoms with Gasteiger partial charge in [-0.1, -0.05) is 23.4 Å². The lowest BCUT2D eigenvalue weighted by atomic mass is 10.3. The second-order valence-electron chi connectivity index (χ2n) is 7.20. The molecule has 0 radical (unpaired) electrons. The lowest BCUT2D eigenvalue weighted by Crippen LogP contribution is -2.17. The Hall–Kier alpha value is -4.14. The summed E-state index contributed by atoms with van der Waals surface area (Å²) < 4.78 is 66.5. The van der Waals surface area contributed by atoms with Gasteiger partial charge in [0.1, 0.15) is 0 Å². The fourth-order valence-corrected chi connectivity index (χ4v) is 4.07. The molecular weight excluding hydrogens is 489 g/mol. The van der Waals surface area contributed by atoms with E-state index in [-0.39, 0.29) is 35.0 Å². The van der Waals surface area contributed by atoms with Gasteiger partial charge in [-0.05, 0) is 24.3 Å². The first-order valence-corrected chi connectivity index (χ1v) is 11.6. The fourth-order valence-electron chi connectivity index (χ4n) is 2.87. The molecule has 3 aromatic heterocycles. The number of aromatic nitrogens is 6. The van der Waals surface area contributed by atoms with Crippen LogP contribution in [0, 0.1) is 0 Å². The van der Waals surface area contributed by atoms with E-state index in [0.29, 0.717) is 0 Å². The molecule has 0 unspecified atom stereocenters. The van der Waals surface area contributed by atoms with Gasteiger partial charge >= 0.3 is 6.18 Å². The largest absolute Gasteiger partial charge is 0.390 e. The van der Waals surface area contributed by atoms with E-state index in [2.05, 4.69) is 30.1 Å². The normalized spacial score (nSPS) is 12.0. The minimum absolute atomic E-state index is 0.0151. The summed E-state index contributed by atoms with van der Waals surface area (Å²) in [5, 5.41) is 3.32. The maximum absolute atomic E-state index is 12.4. The van der Waals surface area contributed by atoms with Crippen LogP contribution in [0.2, 0.25) is 0 Å². The molecule has 0 bridgehead atoms. The number of sulfone groups is 1. The number of nitrogen functional groups attached to an aromatic ring is 1. The number of nitrogens with two attached hydrogens (primary N) is 1. The number of pyridine rings is 1. The lowest BCUT2D eigenvalue weighted by Gasteiger charge is -2.17. The van der Waals surface area contributed by atoms with Crippen LogP contribution >= 0.6 is 0 Å². The topological polar surface area (TPSA) is 154 Å². The van der Waals surface area contributed by atoms with Crippen LogP contribution in [0.25, 0.3) is 23.1 Å². The van der Waals surface area contributed by atoms with Gasteiger partial charge in [0.25, 0.3) is 5.89 Å². The van der Waals surface area contributed by atoms with Crippen LogP contribution in [0.1, 0.15) is 6.42 Å². The maximum Gasteiger partial charge on any atom is 0.390 e. The number of halogens is 3. The molecule has 2 N–H and O–H groups in total. The fraction of sp³-hybridized carbons (Fsp3) is 0.200. The van der Waals surface area contributed by atoms with Crippen molar-refractivity contribution in [1.29, 1.82) is 0 Å². The van der Waals surface area contributed by atoms with Gasteiger partial charge in [0.2, 0.25) is 23.5 Å². The summed E-state index contributed by atoms with van der Waals surface area (Å²) in [6, 6.07) is 11.6. The van der Waals surface area contributed by atoms with Crippen molar-refractivity contribution < 1.29 is 26.1 Å². The molecule has 0 aliphatic carbocycles. The molecule has 4 rings (SSSR count). The van der Waals surface area contributed by atoms with Crippen LogP contribution in [0.4, 0.5) is 30.8 Å². The second-order valence-corrected chi connectivity index (χ2v) is 9.26. The van der Waals surface area contributed by atoms with Crippen molar-refractivity contribution in [3.63, 3.8) is 0 Å². The van der Waals surface area contributed by atoms with Crippen molar-refractivity contribution in [2.75, 3.05) is 23.4 Å². The maximum atomic E-state index is 12.4. The van der Waals surface area contributed by atoms with E-state index >= 15 is 0 Å². The highest BCUT2D eigenvalue weighted by Crippen LogP contribution is 2.26. The Balaban J connectivity index is 1.56. The zero-order chi connectivity index (χ0) is 25.2. The van der Waals surface area contributed by atoms with Crippen molar-refractivity contribution >= 4 is 27.4 Å². The third-order valence-corrected chi connectivity index (χ3v) is 6.29. The Bertz CT molecular complexity index is 1430. The number of benzene rings is 1. The molecule has 182 valence electrons. The molecule has 0 aliphatic heterocycles. The van der Waals surface area contributed by atoms with Gasteiger partial charge in [-0.2, -0.15) is 33.1 Å². The summed E-state index contributed by atoms with van der Waals surface area (Å²) in [6.07, 6.45) is -4.96. The molecule has 35 heavy (non-hydrogen) atoms. The number of anilines is 3. The molecule has 0 fully saturated rings. The molecule has 0 amide bonds. The molecule has 3 heterocycles. The molecule has 0 atom stereocenters. The number of hydrogen-bond acceptors (Lipinski definition) is 11. The first-order chi connectivity index (χ1) is 16.5. The van der Waals surface area contributed by atoms with Crippen molar-refractivity contribution in [2.45, 2.75) is 17.6 Å². The summed E-state index contributed by atoms with van der Waals surface area (Å²) in [4.78, 5) is 22.1. The van der Waals surface area contributed by atoms with Crippen LogP contribution < -0.4 is 10.6 Å². The molecular formula is C20H17F3N8O3S. The van der Waals surface area contributed by atoms with Crippen molar-refractivity contribution in [1.82, 2.24) is 30.1 Å². The van der Waals surface area contributed by atoms with Crippen molar-refractivity contribution in [2.24, 2.45) is 0 Å². The van der Waals surface area contributed by atoms with Gasteiger partial charge in [0.15, 0.2) is 14.9 Å². The Morgan fingerprint density at radius 2 is 1.74 bits per heavy atom. The average Bonchev–Trinajstić information content (AvgIpc) is 3.33. The first kappa shape index (κ1) is 24.0. The predicted molar refractivity (Wildman–Crippen MR) is 118 cm³/mol. The van der Waals surface area contributed by atoms with Gasteiger partial charge in [-0.3, -0.25) is 0 Å². The predicted octanol–water partition coefficient (Wildman–Crippen LogP) is 3.06. The molecule has 0 saturated carbocycles. The number of para-hydroxylation sites is 1. The van der Waals surface area contributed by atoms with Crippen LogP contribution in [0.5, 0.6) is 0 Å². The number of rotatable bonds is 7. The third kappa shape index (κ3) is 5.68. The smallest absolute Gasteiger partial charge is 0.368 e. The van der Waals surface area contributed by atoms with Crippen LogP contribution in [-0.2, 0) is 9.84 Å². The zero-order valence-electron chi connectivity index (χ0n) is 18.0. The Kier molecular flexibility index (Phi) is 6.34. The molecule has 1 aromatic carbocycles. The van der Waals surface area contributed by atoms with Crippen LogP contribution in [0.15, 0.2) is 58.2 Å². The van der Waals surface area contributed by atoms with Crippen LogP contribution in [0.3, 0.4) is 0 Å². The van der Waals surface area contributed by atoms with Crippen molar-refractivity contribution in [3.8, 4) is 23.1 Å². The van der Waals surface area contributed by atoms with E-state index in [1.807, 2.05) is 30.3 Å². The molecule has 11 nitrogen and oxygen atoms in total. The van der Waals surface area contributed by atoms with Gasteiger partial charge < -0.3 is 15.2 Å². The highest BCUT2D eigenvalue weighted by atomic mass is 32.2. The average molecular weight is 506 g/mol. The van der Waals surface area contributed by atoms with E-state index in [1.165, 1.54) is 6.07 Å². The highest BCUT2D eigenvalue weighted by molar-refractivity contribution is 7.91. The van der Waals surface area contributed by atoms with Gasteiger partial charge in [-0.25, -0.2) is 13.4 Å². The molecule has 0 spiro atoms. The second kappa shape index (κ2) is 9.25. The van der Waals surface area contributed by atoms with E-state index in [4.69, 9.17) is 10.3 Å². The monoisotopic (exact) mass is 506 g/mol. The zero-order valence-corrected chi connectivity index (χ0v) is 18.8. The summed E-state index contributed by atoms with van der Waals surface area (Å²) in [6.45, 7) is 0. The van der Waals surface area contributed by atoms with E-state index in [9.17, 15) is 21.6 Å². The number of hydrogen-bond donors (Lipinski definition) is 1. The molecule has 0 saturated heterocycles. The minimum atomic E-state index is -4.60. The first-order valence-electron chi connectivity index (χ1n) is 9.92. The SMILES string of the molecule is CN(c1ccccc1)c1nc(N)nc(-c2noc(-c3ccc(S(=O)(=O)CCC(F)(F)F)nc3)n2)n1. The summed E-state index contributed by atoms with van der Waals surface area (Å²) >= 11 is 0. The van der Waals surface area contributed by atoms with E-state index in [1.54, 1.807) is 11.9 Å². The molecule has 4 aromatic rings. The standard InChI is InChI=1S/C20H17F3N8O3S/c1-31(13-5-3-2-4-6-13)19-28-15(27-18(24)29-19)16-26-17(34-30-16)12-7-8-14(25-11-12)35(32,33)10-9-20(21,22)23/h2-8,11H,9-10H2,1H3,(H2,24,27,28,29). The van der Waals surface area contributed by atoms with Crippen LogP contribution in [-0.4, -0.2) is 57.5 Å². The Labute approximate surface area is 196 Å². The number of alkyl halides is 3. The highest BCUT2D eigenvalue weighted by Gasteiger charge is 2.31. The Morgan fingerprint density at radius 1 is 1.00 bits per heavy atom. The Morgan fingerprint density at radius 3 is 2.40 bits per heavy atom. The van der Waals surface area contributed by atoms with Gasteiger partial charge in [-0.15, -0.1) is 0 Å². The quantitative estimate of drug-likeness (QED) is 0.393. The third-order valence-electron chi connectivity index (χ3n) is 4.67. The minimum Gasteiger partial charge on any atom is -0.368 e. The van der Waals surface area contributed by atoms with E-state index in [0.717, 1.165) is 18.0 Å². The summed E-state index contributed by atoms with van der Waals surface area (Å²) in [5.74, 6) is -0.963. The van der Waals surface area contributed by atoms with Crippen molar-refractivity contribution in [3.05, 3.63) is 48.7 Å². The number of nitrogens with zero attached hydrogens (tertiary/aromatic N) is 7. The summed E-state index contributed by atoms with van der Waals surface area (Å²) in [7, 11) is -2.47. The van der Waals surface area contributed by atoms with Gasteiger partial charge in [0.05, 0.1) is 17.7 Å². The molecule has 15 heteroatoms. The van der Waals surface area contributed by atoms with Gasteiger partial charge in [0, 0.05) is 18.9 Å². The summed E-state index contributed by atoms with van der Waals surface area (Å²) in [5.41, 5.74) is 6.87. The lowest BCUT2D eigenvalue weighted by molar-refractivity contribution is -0.129. The van der Waals surface area contributed by atoms with E-state index < -0.39 is 33.2 Å². The molecule has 0 aliphatic rings.